The monoisotopic (exact) mass is 346 g/mol. The molecule has 1 aliphatic carbocycles. The summed E-state index contributed by atoms with van der Waals surface area (Å²) in [6, 6.07) is 3.55. The molecule has 0 fully saturated rings. The number of ether oxygens (including phenoxy) is 2. The summed E-state index contributed by atoms with van der Waals surface area (Å²) in [7, 11) is 1.62. The van der Waals surface area contributed by atoms with E-state index in [1.165, 1.54) is 10.4 Å². The number of hydrogen-bond donors (Lipinski definition) is 1. The Morgan fingerprint density at radius 3 is 3.04 bits per heavy atom. The normalized spacial score (nSPS) is 16.5. The van der Waals surface area contributed by atoms with Gasteiger partial charge in [-0.05, 0) is 36.8 Å². The Labute approximate surface area is 146 Å². The lowest BCUT2D eigenvalue weighted by Gasteiger charge is -2.18. The van der Waals surface area contributed by atoms with Crippen LogP contribution < -0.4 is 10.1 Å². The van der Waals surface area contributed by atoms with Crippen LogP contribution in [-0.2, 0) is 17.6 Å². The fraction of sp³-hybridized carbons (Fsp3) is 0.444. The second kappa shape index (κ2) is 7.77. The average Bonchev–Trinajstić information content (AvgIpc) is 2.99. The van der Waals surface area contributed by atoms with Crippen LogP contribution in [0.5, 0.6) is 5.88 Å². The van der Waals surface area contributed by atoms with Crippen molar-refractivity contribution in [2.75, 3.05) is 25.6 Å². The summed E-state index contributed by atoms with van der Waals surface area (Å²) < 4.78 is 10.3. The standard InChI is InChI=1S/C18H22N2O3S/c1-12-3-5-14-15(11-24-16(14)9-12)18(21)20-13-4-6-17(19-10-13)23-8-7-22-2/h4,6,10-12H,3,5,7-9H2,1-2H3,(H,20,21). The molecule has 1 unspecified atom stereocenters. The second-order valence-corrected chi connectivity index (χ2v) is 7.04. The average molecular weight is 346 g/mol. The van der Waals surface area contributed by atoms with E-state index in [4.69, 9.17) is 9.47 Å². The van der Waals surface area contributed by atoms with Gasteiger partial charge >= 0.3 is 0 Å². The number of carbonyl (C=O) groups excluding carboxylic acids is 1. The van der Waals surface area contributed by atoms with Crippen LogP contribution in [0, 0.1) is 5.92 Å². The molecule has 1 amide bonds. The van der Waals surface area contributed by atoms with Crippen molar-refractivity contribution < 1.29 is 14.3 Å². The maximum absolute atomic E-state index is 12.5. The van der Waals surface area contributed by atoms with E-state index in [1.807, 2.05) is 5.38 Å². The molecule has 0 spiro atoms. The maximum Gasteiger partial charge on any atom is 0.256 e. The third-order valence-electron chi connectivity index (χ3n) is 4.18. The summed E-state index contributed by atoms with van der Waals surface area (Å²) in [5, 5.41) is 4.90. The van der Waals surface area contributed by atoms with Crippen LogP contribution >= 0.6 is 11.3 Å². The van der Waals surface area contributed by atoms with E-state index < -0.39 is 0 Å². The van der Waals surface area contributed by atoms with Gasteiger partial charge in [-0.3, -0.25) is 4.79 Å². The number of thiophene rings is 1. The highest BCUT2D eigenvalue weighted by atomic mass is 32.1. The molecule has 0 aromatic carbocycles. The number of anilines is 1. The van der Waals surface area contributed by atoms with Gasteiger partial charge in [-0.15, -0.1) is 11.3 Å². The van der Waals surface area contributed by atoms with E-state index in [2.05, 4.69) is 17.2 Å². The Kier molecular flexibility index (Phi) is 5.48. The fourth-order valence-electron chi connectivity index (χ4n) is 2.84. The molecule has 1 N–H and O–H groups in total. The number of hydrogen-bond acceptors (Lipinski definition) is 5. The highest BCUT2D eigenvalue weighted by molar-refractivity contribution is 7.10. The van der Waals surface area contributed by atoms with E-state index in [-0.39, 0.29) is 5.91 Å². The van der Waals surface area contributed by atoms with E-state index in [0.717, 1.165) is 24.8 Å². The third kappa shape index (κ3) is 3.94. The van der Waals surface area contributed by atoms with E-state index in [1.54, 1.807) is 36.8 Å². The molecule has 2 aromatic heterocycles. The predicted octanol–water partition coefficient (Wildman–Crippen LogP) is 3.55. The van der Waals surface area contributed by atoms with Gasteiger partial charge in [-0.1, -0.05) is 6.92 Å². The molecule has 0 radical (unpaired) electrons. The highest BCUT2D eigenvalue weighted by Crippen LogP contribution is 2.33. The lowest BCUT2D eigenvalue weighted by Crippen LogP contribution is -2.16. The zero-order valence-electron chi connectivity index (χ0n) is 14.0. The van der Waals surface area contributed by atoms with Crippen molar-refractivity contribution in [3.63, 3.8) is 0 Å². The summed E-state index contributed by atoms with van der Waals surface area (Å²) in [5.74, 6) is 1.17. The quantitative estimate of drug-likeness (QED) is 0.813. The van der Waals surface area contributed by atoms with Gasteiger partial charge in [0.05, 0.1) is 24.1 Å². The van der Waals surface area contributed by atoms with E-state index in [9.17, 15) is 4.79 Å². The molecular weight excluding hydrogens is 324 g/mol. The van der Waals surface area contributed by atoms with Crippen molar-refractivity contribution in [2.45, 2.75) is 26.2 Å². The minimum atomic E-state index is -0.0584. The molecule has 24 heavy (non-hydrogen) atoms. The Hall–Kier alpha value is -1.92. The number of amides is 1. The second-order valence-electron chi connectivity index (χ2n) is 6.08. The van der Waals surface area contributed by atoms with Crippen molar-refractivity contribution in [1.82, 2.24) is 4.98 Å². The number of carbonyl (C=O) groups is 1. The predicted molar refractivity (Wildman–Crippen MR) is 95.1 cm³/mol. The smallest absolute Gasteiger partial charge is 0.256 e. The van der Waals surface area contributed by atoms with E-state index >= 15 is 0 Å². The molecule has 2 heterocycles. The first-order valence-corrected chi connectivity index (χ1v) is 9.03. The molecule has 1 atom stereocenters. The largest absolute Gasteiger partial charge is 0.475 e. The number of nitrogens with zero attached hydrogens (tertiary/aromatic N) is 1. The molecule has 0 bridgehead atoms. The van der Waals surface area contributed by atoms with Gasteiger partial charge in [0.25, 0.3) is 5.91 Å². The Bertz CT molecular complexity index is 697. The highest BCUT2D eigenvalue weighted by Gasteiger charge is 2.23. The van der Waals surface area contributed by atoms with Crippen LogP contribution in [0.15, 0.2) is 23.7 Å². The third-order valence-corrected chi connectivity index (χ3v) is 5.23. The lowest BCUT2D eigenvalue weighted by atomic mass is 9.88. The van der Waals surface area contributed by atoms with Crippen molar-refractivity contribution in [3.05, 3.63) is 39.7 Å². The molecule has 128 valence electrons. The lowest BCUT2D eigenvalue weighted by molar-refractivity contribution is 0.102. The number of nitrogens with one attached hydrogen (secondary N) is 1. The van der Waals surface area contributed by atoms with Crippen LogP contribution in [0.3, 0.4) is 0 Å². The molecule has 2 aromatic rings. The van der Waals surface area contributed by atoms with Crippen molar-refractivity contribution in [1.29, 1.82) is 0 Å². The van der Waals surface area contributed by atoms with Crippen LogP contribution in [0.2, 0.25) is 0 Å². The molecule has 6 heteroatoms. The summed E-state index contributed by atoms with van der Waals surface area (Å²) in [6.45, 7) is 3.24. The van der Waals surface area contributed by atoms with Crippen molar-refractivity contribution in [2.24, 2.45) is 5.92 Å². The van der Waals surface area contributed by atoms with Gasteiger partial charge in [-0.25, -0.2) is 4.98 Å². The molecule has 0 aliphatic heterocycles. The minimum absolute atomic E-state index is 0.0584. The number of pyridine rings is 1. The zero-order valence-corrected chi connectivity index (χ0v) is 14.8. The first-order valence-electron chi connectivity index (χ1n) is 8.15. The number of rotatable bonds is 6. The fourth-order valence-corrected chi connectivity index (χ4v) is 4.08. The summed E-state index contributed by atoms with van der Waals surface area (Å²) in [5.41, 5.74) is 2.70. The van der Waals surface area contributed by atoms with Gasteiger partial charge in [0, 0.05) is 23.4 Å². The maximum atomic E-state index is 12.5. The molecule has 0 saturated carbocycles. The summed E-state index contributed by atoms with van der Waals surface area (Å²) in [6.07, 6.45) is 4.84. The molecule has 1 aliphatic rings. The van der Waals surface area contributed by atoms with Gasteiger partial charge < -0.3 is 14.8 Å². The van der Waals surface area contributed by atoms with Gasteiger partial charge in [-0.2, -0.15) is 0 Å². The van der Waals surface area contributed by atoms with Crippen molar-refractivity contribution in [3.8, 4) is 5.88 Å². The molecule has 5 nitrogen and oxygen atoms in total. The van der Waals surface area contributed by atoms with Crippen LogP contribution in [-0.4, -0.2) is 31.2 Å². The zero-order chi connectivity index (χ0) is 16.9. The van der Waals surface area contributed by atoms with Gasteiger partial charge in [0.2, 0.25) is 5.88 Å². The van der Waals surface area contributed by atoms with Crippen LogP contribution in [0.4, 0.5) is 5.69 Å². The first kappa shape index (κ1) is 16.9. The van der Waals surface area contributed by atoms with Crippen LogP contribution in [0.1, 0.15) is 34.1 Å². The molecule has 0 saturated heterocycles. The number of fused-ring (bicyclic) bond motifs is 1. The minimum Gasteiger partial charge on any atom is -0.475 e. The first-order chi connectivity index (χ1) is 11.7. The molecule has 3 rings (SSSR count). The summed E-state index contributed by atoms with van der Waals surface area (Å²) in [4.78, 5) is 18.1. The van der Waals surface area contributed by atoms with Gasteiger partial charge in [0.15, 0.2) is 0 Å². The SMILES string of the molecule is COCCOc1ccc(NC(=O)c2csc3c2CCC(C)C3)cn1. The van der Waals surface area contributed by atoms with Crippen LogP contribution in [0.25, 0.3) is 0 Å². The topological polar surface area (TPSA) is 60.5 Å². The Morgan fingerprint density at radius 2 is 2.29 bits per heavy atom. The number of methoxy groups -OCH3 is 1. The summed E-state index contributed by atoms with van der Waals surface area (Å²) >= 11 is 1.70. The van der Waals surface area contributed by atoms with Crippen molar-refractivity contribution >= 4 is 22.9 Å². The van der Waals surface area contributed by atoms with Gasteiger partial charge in [0.1, 0.15) is 6.61 Å². The van der Waals surface area contributed by atoms with E-state index in [0.29, 0.717) is 30.7 Å². The molecular formula is C18H22N2O3S. The Morgan fingerprint density at radius 1 is 1.42 bits per heavy atom. The Balaban J connectivity index is 1.63. The number of aromatic nitrogens is 1.